The number of hydrogen-bond donors (Lipinski definition) is 2. The molecule has 0 saturated heterocycles. The predicted molar refractivity (Wildman–Crippen MR) is 77.4 cm³/mol. The zero-order chi connectivity index (χ0) is 14.9. The van der Waals surface area contributed by atoms with Gasteiger partial charge in [-0.25, -0.2) is 4.79 Å². The third-order valence-corrected chi connectivity index (χ3v) is 2.55. The number of ether oxygens (including phenoxy) is 2. The number of amides is 1. The molecule has 2 atom stereocenters. The molecule has 2 N–H and O–H groups in total. The summed E-state index contributed by atoms with van der Waals surface area (Å²) < 4.78 is 10.3. The van der Waals surface area contributed by atoms with Crippen LogP contribution in [0.2, 0.25) is 0 Å². The van der Waals surface area contributed by atoms with Crippen LogP contribution in [0.3, 0.4) is 0 Å². The van der Waals surface area contributed by atoms with Gasteiger partial charge in [-0.05, 0) is 39.7 Å². The summed E-state index contributed by atoms with van der Waals surface area (Å²) in [6.07, 6.45) is 0.511. The van der Waals surface area contributed by atoms with E-state index in [0.717, 1.165) is 26.1 Å². The van der Waals surface area contributed by atoms with E-state index in [0.29, 0.717) is 5.92 Å². The fraction of sp³-hybridized carbons (Fsp3) is 0.929. The van der Waals surface area contributed by atoms with Crippen molar-refractivity contribution in [3.63, 3.8) is 0 Å². The molecule has 1 amide bonds. The van der Waals surface area contributed by atoms with Crippen molar-refractivity contribution < 1.29 is 14.3 Å². The van der Waals surface area contributed by atoms with Crippen LogP contribution in [0.1, 0.15) is 41.0 Å². The third-order valence-electron chi connectivity index (χ3n) is 2.55. The van der Waals surface area contributed by atoms with Crippen LogP contribution >= 0.6 is 0 Å². The molecule has 5 nitrogen and oxygen atoms in total. The third kappa shape index (κ3) is 10.8. The second-order valence-corrected chi connectivity index (χ2v) is 5.97. The van der Waals surface area contributed by atoms with Gasteiger partial charge in [-0.1, -0.05) is 13.8 Å². The van der Waals surface area contributed by atoms with Crippen LogP contribution in [0.4, 0.5) is 4.79 Å². The van der Waals surface area contributed by atoms with Crippen LogP contribution in [0.15, 0.2) is 0 Å². The molecular weight excluding hydrogens is 244 g/mol. The van der Waals surface area contributed by atoms with Gasteiger partial charge in [0.05, 0.1) is 0 Å². The number of nitrogens with one attached hydrogen (secondary N) is 2. The van der Waals surface area contributed by atoms with Gasteiger partial charge < -0.3 is 20.1 Å². The highest BCUT2D eigenvalue weighted by Crippen LogP contribution is 2.07. The van der Waals surface area contributed by atoms with Gasteiger partial charge in [-0.2, -0.15) is 0 Å². The maximum atomic E-state index is 11.6. The average Bonchev–Trinajstić information content (AvgIpc) is 2.25. The van der Waals surface area contributed by atoms with Gasteiger partial charge >= 0.3 is 6.09 Å². The van der Waals surface area contributed by atoms with Crippen LogP contribution in [-0.2, 0) is 9.47 Å². The molecule has 0 aliphatic carbocycles. The molecule has 19 heavy (non-hydrogen) atoms. The maximum absolute atomic E-state index is 11.6. The molecule has 0 aromatic heterocycles. The largest absolute Gasteiger partial charge is 0.444 e. The highest BCUT2D eigenvalue weighted by molar-refractivity contribution is 5.68. The minimum Gasteiger partial charge on any atom is -0.444 e. The Morgan fingerprint density at radius 2 is 1.89 bits per heavy atom. The van der Waals surface area contributed by atoms with Crippen molar-refractivity contribution in [3.8, 4) is 0 Å². The predicted octanol–water partition coefficient (Wildman–Crippen LogP) is 2.16. The SMILES string of the molecule is CCC(CNCC(C)COC)NC(=O)OC(C)(C)C. The number of hydrogen-bond acceptors (Lipinski definition) is 4. The van der Waals surface area contributed by atoms with Crippen molar-refractivity contribution in [3.05, 3.63) is 0 Å². The molecule has 0 heterocycles. The van der Waals surface area contributed by atoms with Gasteiger partial charge in [0, 0.05) is 26.3 Å². The second-order valence-electron chi connectivity index (χ2n) is 5.97. The molecule has 114 valence electrons. The summed E-state index contributed by atoms with van der Waals surface area (Å²) in [5, 5.41) is 6.21. The smallest absolute Gasteiger partial charge is 0.407 e. The fourth-order valence-electron chi connectivity index (χ4n) is 1.62. The van der Waals surface area contributed by atoms with E-state index in [2.05, 4.69) is 17.6 Å². The Bertz CT molecular complexity index is 252. The highest BCUT2D eigenvalue weighted by atomic mass is 16.6. The first-order valence-corrected chi connectivity index (χ1v) is 6.97. The van der Waals surface area contributed by atoms with Crippen molar-refractivity contribution in [1.29, 1.82) is 0 Å². The van der Waals surface area contributed by atoms with Crippen LogP contribution in [0, 0.1) is 5.92 Å². The first-order chi connectivity index (χ1) is 8.78. The summed E-state index contributed by atoms with van der Waals surface area (Å²) in [4.78, 5) is 11.6. The first-order valence-electron chi connectivity index (χ1n) is 6.97. The minimum absolute atomic E-state index is 0.0876. The number of carbonyl (C=O) groups is 1. The molecular formula is C14H30N2O3. The summed E-state index contributed by atoms with van der Waals surface area (Å²) in [7, 11) is 1.70. The normalized spacial score (nSPS) is 14.8. The molecule has 0 aromatic carbocycles. The zero-order valence-electron chi connectivity index (χ0n) is 13.2. The van der Waals surface area contributed by atoms with Crippen molar-refractivity contribution in [2.45, 2.75) is 52.7 Å². The Balaban J connectivity index is 3.92. The standard InChI is InChI=1S/C14H30N2O3/c1-7-12(9-15-8-11(2)10-18-6)16-13(17)19-14(3,4)5/h11-12,15H,7-10H2,1-6H3,(H,16,17). The van der Waals surface area contributed by atoms with Crippen molar-refractivity contribution >= 4 is 6.09 Å². The van der Waals surface area contributed by atoms with E-state index in [4.69, 9.17) is 9.47 Å². The van der Waals surface area contributed by atoms with Crippen LogP contribution in [-0.4, -0.2) is 44.5 Å². The molecule has 0 fully saturated rings. The van der Waals surface area contributed by atoms with E-state index in [1.54, 1.807) is 7.11 Å². The lowest BCUT2D eigenvalue weighted by Gasteiger charge is -2.23. The lowest BCUT2D eigenvalue weighted by Crippen LogP contribution is -2.44. The molecule has 0 aromatic rings. The van der Waals surface area contributed by atoms with E-state index >= 15 is 0 Å². The Labute approximate surface area is 117 Å². The molecule has 0 rings (SSSR count). The lowest BCUT2D eigenvalue weighted by molar-refractivity contribution is 0.0502. The molecule has 0 bridgehead atoms. The van der Waals surface area contributed by atoms with E-state index in [1.165, 1.54) is 0 Å². The molecule has 0 radical (unpaired) electrons. The zero-order valence-corrected chi connectivity index (χ0v) is 13.2. The van der Waals surface area contributed by atoms with Crippen molar-refractivity contribution in [2.75, 3.05) is 26.8 Å². The van der Waals surface area contributed by atoms with Crippen LogP contribution < -0.4 is 10.6 Å². The Morgan fingerprint density at radius 1 is 1.26 bits per heavy atom. The Morgan fingerprint density at radius 3 is 2.37 bits per heavy atom. The molecule has 2 unspecified atom stereocenters. The molecule has 0 aliphatic heterocycles. The Hall–Kier alpha value is -0.810. The van der Waals surface area contributed by atoms with E-state index in [9.17, 15) is 4.79 Å². The molecule has 0 aliphatic rings. The van der Waals surface area contributed by atoms with Crippen LogP contribution in [0.25, 0.3) is 0 Å². The monoisotopic (exact) mass is 274 g/mol. The fourth-order valence-corrected chi connectivity index (χ4v) is 1.62. The summed E-state index contributed by atoms with van der Waals surface area (Å²) >= 11 is 0. The van der Waals surface area contributed by atoms with Crippen LogP contribution in [0.5, 0.6) is 0 Å². The van der Waals surface area contributed by atoms with Gasteiger partial charge in [-0.3, -0.25) is 0 Å². The summed E-state index contributed by atoms with van der Waals surface area (Å²) in [6, 6.07) is 0.0876. The Kier molecular flexibility index (Phi) is 8.76. The highest BCUT2D eigenvalue weighted by Gasteiger charge is 2.18. The molecule has 0 spiro atoms. The molecule has 5 heteroatoms. The second kappa shape index (κ2) is 9.15. The van der Waals surface area contributed by atoms with E-state index in [-0.39, 0.29) is 12.1 Å². The van der Waals surface area contributed by atoms with Crippen molar-refractivity contribution in [2.24, 2.45) is 5.92 Å². The van der Waals surface area contributed by atoms with Gasteiger partial charge in [0.2, 0.25) is 0 Å². The number of alkyl carbamates (subject to hydrolysis) is 1. The topological polar surface area (TPSA) is 59.6 Å². The number of rotatable bonds is 8. The van der Waals surface area contributed by atoms with Gasteiger partial charge in [-0.15, -0.1) is 0 Å². The summed E-state index contributed by atoms with van der Waals surface area (Å²) in [6.45, 7) is 12.1. The minimum atomic E-state index is -0.456. The van der Waals surface area contributed by atoms with Gasteiger partial charge in [0.15, 0.2) is 0 Å². The first kappa shape index (κ1) is 18.2. The van der Waals surface area contributed by atoms with Gasteiger partial charge in [0.1, 0.15) is 5.60 Å². The van der Waals surface area contributed by atoms with E-state index < -0.39 is 5.60 Å². The number of carbonyl (C=O) groups excluding carboxylic acids is 1. The lowest BCUT2D eigenvalue weighted by atomic mass is 10.2. The number of methoxy groups -OCH3 is 1. The average molecular weight is 274 g/mol. The van der Waals surface area contributed by atoms with Crippen molar-refractivity contribution in [1.82, 2.24) is 10.6 Å². The summed E-state index contributed by atoms with van der Waals surface area (Å²) in [5.74, 6) is 0.462. The quantitative estimate of drug-likeness (QED) is 0.712. The van der Waals surface area contributed by atoms with E-state index in [1.807, 2.05) is 27.7 Å². The maximum Gasteiger partial charge on any atom is 0.407 e. The molecule has 0 saturated carbocycles. The van der Waals surface area contributed by atoms with Gasteiger partial charge in [0.25, 0.3) is 0 Å². The summed E-state index contributed by atoms with van der Waals surface area (Å²) in [5.41, 5.74) is -0.456.